The van der Waals surface area contributed by atoms with Gasteiger partial charge in [-0.3, -0.25) is 9.59 Å². The lowest BCUT2D eigenvalue weighted by molar-refractivity contribution is -0.137. The number of carbonyl (C=O) groups is 2. The first-order chi connectivity index (χ1) is 13.0. The molecule has 1 aliphatic rings. The van der Waals surface area contributed by atoms with Gasteiger partial charge < -0.3 is 15.3 Å². The molecule has 0 radical (unpaired) electrons. The summed E-state index contributed by atoms with van der Waals surface area (Å²) in [5.41, 5.74) is 0. The number of allylic oxidation sites excluding steroid dienone is 6. The molecule has 5 heteroatoms. The van der Waals surface area contributed by atoms with Crippen molar-refractivity contribution < 1.29 is 24.9 Å². The van der Waals surface area contributed by atoms with Crippen molar-refractivity contribution in [3.8, 4) is 0 Å². The maximum atomic E-state index is 12.0. The van der Waals surface area contributed by atoms with Crippen molar-refractivity contribution >= 4 is 11.8 Å². The van der Waals surface area contributed by atoms with Crippen LogP contribution in [0.4, 0.5) is 0 Å². The highest BCUT2D eigenvalue weighted by molar-refractivity contribution is 5.86. The minimum Gasteiger partial charge on any atom is -0.481 e. The Morgan fingerprint density at radius 2 is 1.78 bits per heavy atom. The van der Waals surface area contributed by atoms with E-state index in [1.807, 2.05) is 12.2 Å². The maximum Gasteiger partial charge on any atom is 0.303 e. The Morgan fingerprint density at radius 1 is 1.15 bits per heavy atom. The van der Waals surface area contributed by atoms with Gasteiger partial charge in [0.2, 0.25) is 0 Å². The van der Waals surface area contributed by atoms with Crippen LogP contribution in [-0.2, 0) is 9.59 Å². The molecule has 0 bridgehead atoms. The summed E-state index contributed by atoms with van der Waals surface area (Å²) < 4.78 is 0. The molecule has 0 spiro atoms. The molecule has 0 unspecified atom stereocenters. The molecule has 0 aromatic heterocycles. The Bertz CT molecular complexity index is 573. The summed E-state index contributed by atoms with van der Waals surface area (Å²) in [7, 11) is 0. The topological polar surface area (TPSA) is 94.8 Å². The lowest BCUT2D eigenvalue weighted by atomic mass is 9.89. The third kappa shape index (κ3) is 9.50. The first-order valence-corrected chi connectivity index (χ1v) is 9.69. The molecule has 1 rings (SSSR count). The van der Waals surface area contributed by atoms with E-state index in [-0.39, 0.29) is 31.0 Å². The number of aliphatic hydroxyl groups excluding tert-OH is 2. The van der Waals surface area contributed by atoms with E-state index in [0.29, 0.717) is 6.42 Å². The number of hydrogen-bond acceptors (Lipinski definition) is 4. The molecule has 0 heterocycles. The van der Waals surface area contributed by atoms with Gasteiger partial charge in [-0.15, -0.1) is 0 Å². The monoisotopic (exact) mass is 376 g/mol. The highest BCUT2D eigenvalue weighted by Crippen LogP contribution is 2.34. The Hall–Kier alpha value is -1.98. The van der Waals surface area contributed by atoms with E-state index in [1.54, 1.807) is 12.2 Å². The summed E-state index contributed by atoms with van der Waals surface area (Å²) in [5.74, 6) is -1.94. The van der Waals surface area contributed by atoms with E-state index < -0.39 is 24.1 Å². The van der Waals surface area contributed by atoms with E-state index >= 15 is 0 Å². The van der Waals surface area contributed by atoms with E-state index in [9.17, 15) is 19.8 Å². The number of aliphatic carboxylic acids is 1. The van der Waals surface area contributed by atoms with E-state index in [2.05, 4.69) is 31.2 Å². The van der Waals surface area contributed by atoms with Crippen molar-refractivity contribution in [2.75, 3.05) is 0 Å². The van der Waals surface area contributed by atoms with Gasteiger partial charge >= 0.3 is 5.97 Å². The number of rotatable bonds is 12. The van der Waals surface area contributed by atoms with Crippen LogP contribution in [0.2, 0.25) is 0 Å². The van der Waals surface area contributed by atoms with Crippen LogP contribution in [0.15, 0.2) is 48.6 Å². The molecule has 1 saturated carbocycles. The summed E-state index contributed by atoms with van der Waals surface area (Å²) in [6.45, 7) is 2.10. The predicted octanol–water partition coefficient (Wildman–Crippen LogP) is 3.58. The second kappa shape index (κ2) is 13.2. The van der Waals surface area contributed by atoms with Crippen molar-refractivity contribution in [3.05, 3.63) is 48.6 Å². The average Bonchev–Trinajstić information content (AvgIpc) is 2.89. The van der Waals surface area contributed by atoms with E-state index in [0.717, 1.165) is 19.3 Å². The van der Waals surface area contributed by atoms with Crippen LogP contribution in [0.3, 0.4) is 0 Å². The number of Topliss-reactive ketones (excluding diaryl/α,β-unsaturated/α-hetero) is 1. The van der Waals surface area contributed by atoms with E-state index in [4.69, 9.17) is 5.11 Å². The molecule has 27 heavy (non-hydrogen) atoms. The lowest BCUT2D eigenvalue weighted by Crippen LogP contribution is -2.20. The van der Waals surface area contributed by atoms with Crippen molar-refractivity contribution in [1.29, 1.82) is 0 Å². The molecular weight excluding hydrogens is 344 g/mol. The van der Waals surface area contributed by atoms with Crippen LogP contribution in [-0.4, -0.2) is 39.3 Å². The largest absolute Gasteiger partial charge is 0.481 e. The Kier molecular flexibility index (Phi) is 11.3. The molecule has 0 saturated heterocycles. The average molecular weight is 376 g/mol. The summed E-state index contributed by atoms with van der Waals surface area (Å²) in [6.07, 6.45) is 17.5. The number of aliphatic hydroxyl groups is 2. The minimum absolute atomic E-state index is 0.0507. The van der Waals surface area contributed by atoms with Gasteiger partial charge in [0.25, 0.3) is 0 Å². The molecule has 0 aromatic carbocycles. The van der Waals surface area contributed by atoms with Gasteiger partial charge in [-0.25, -0.2) is 0 Å². The Morgan fingerprint density at radius 3 is 2.41 bits per heavy atom. The zero-order valence-corrected chi connectivity index (χ0v) is 16.0. The molecule has 4 atom stereocenters. The van der Waals surface area contributed by atoms with Gasteiger partial charge in [0, 0.05) is 18.8 Å². The number of carbonyl (C=O) groups excluding carboxylic acids is 1. The normalized spacial score (nSPS) is 24.9. The highest BCUT2D eigenvalue weighted by Gasteiger charge is 2.39. The summed E-state index contributed by atoms with van der Waals surface area (Å²) in [4.78, 5) is 22.7. The molecule has 3 N–H and O–H groups in total. The van der Waals surface area contributed by atoms with Gasteiger partial charge in [0.15, 0.2) is 0 Å². The summed E-state index contributed by atoms with van der Waals surface area (Å²) in [6, 6.07) is 0. The van der Waals surface area contributed by atoms with Crippen LogP contribution in [0.25, 0.3) is 0 Å². The standard InChI is InChI=1S/C22H32O5/c1-2-3-4-5-6-7-8-9-10-11-17(23)12-13-18-19(14-15-22(26)27)21(25)16-20(18)24/h3-4,6-7,9-10,12-13,17-19,21,23,25H,2,5,8,11,14-16H2,1H3,(H,26,27)/b4-3-,7-6+,10-9-,13-12+/t17-,18-,19-,21+/m1/s1. The van der Waals surface area contributed by atoms with Gasteiger partial charge in [0.1, 0.15) is 5.78 Å². The third-order valence-corrected chi connectivity index (χ3v) is 4.63. The zero-order valence-electron chi connectivity index (χ0n) is 16.0. The maximum absolute atomic E-state index is 12.0. The molecule has 0 aromatic rings. The number of hydrogen-bond donors (Lipinski definition) is 3. The first kappa shape index (κ1) is 23.1. The van der Waals surface area contributed by atoms with Gasteiger partial charge in [-0.05, 0) is 38.0 Å². The first-order valence-electron chi connectivity index (χ1n) is 9.69. The lowest BCUT2D eigenvalue weighted by Gasteiger charge is -2.17. The van der Waals surface area contributed by atoms with Crippen LogP contribution >= 0.6 is 0 Å². The van der Waals surface area contributed by atoms with Crippen LogP contribution in [0.1, 0.15) is 51.9 Å². The second-order valence-corrected chi connectivity index (χ2v) is 6.84. The van der Waals surface area contributed by atoms with Crippen molar-refractivity contribution in [2.45, 2.75) is 64.1 Å². The Balaban J connectivity index is 2.40. The zero-order chi connectivity index (χ0) is 20.1. The van der Waals surface area contributed by atoms with Crippen molar-refractivity contribution in [3.63, 3.8) is 0 Å². The van der Waals surface area contributed by atoms with E-state index in [1.165, 1.54) is 0 Å². The van der Waals surface area contributed by atoms with Gasteiger partial charge in [-0.1, -0.05) is 55.5 Å². The molecule has 150 valence electrons. The van der Waals surface area contributed by atoms with Crippen molar-refractivity contribution in [1.82, 2.24) is 0 Å². The van der Waals surface area contributed by atoms with Crippen molar-refractivity contribution in [2.24, 2.45) is 11.8 Å². The smallest absolute Gasteiger partial charge is 0.303 e. The molecule has 1 fully saturated rings. The van der Waals surface area contributed by atoms with Gasteiger partial charge in [-0.2, -0.15) is 0 Å². The molecule has 1 aliphatic carbocycles. The fourth-order valence-corrected chi connectivity index (χ4v) is 3.15. The quantitative estimate of drug-likeness (QED) is 0.453. The summed E-state index contributed by atoms with van der Waals surface area (Å²) >= 11 is 0. The highest BCUT2D eigenvalue weighted by atomic mass is 16.4. The predicted molar refractivity (Wildman–Crippen MR) is 106 cm³/mol. The molecular formula is C22H32O5. The molecule has 0 aliphatic heterocycles. The third-order valence-electron chi connectivity index (χ3n) is 4.63. The molecule has 0 amide bonds. The number of carboxylic acids is 1. The summed E-state index contributed by atoms with van der Waals surface area (Å²) in [5, 5.41) is 28.8. The SMILES string of the molecule is CC/C=C\C/C=C/C/C=C\C[C@@H](O)/C=C/[C@H]1C(=O)C[C@H](O)[C@@H]1CCC(=O)O. The fraction of sp³-hybridized carbons (Fsp3) is 0.545. The van der Waals surface area contributed by atoms with Crippen LogP contribution in [0.5, 0.6) is 0 Å². The number of ketones is 1. The van der Waals surface area contributed by atoms with Gasteiger partial charge in [0.05, 0.1) is 12.2 Å². The van der Waals surface area contributed by atoms with Crippen LogP contribution < -0.4 is 0 Å². The second-order valence-electron chi connectivity index (χ2n) is 6.84. The number of carboxylic acid groups (broad SMARTS) is 1. The minimum atomic E-state index is -0.940. The Labute approximate surface area is 161 Å². The fourth-order valence-electron chi connectivity index (χ4n) is 3.15. The van der Waals surface area contributed by atoms with Crippen LogP contribution in [0, 0.1) is 11.8 Å². The molecule has 5 nitrogen and oxygen atoms in total.